The molecule has 1 aromatic heterocycles. The normalized spacial score (nSPS) is 16.6. The molecule has 0 N–H and O–H groups in total. The highest BCUT2D eigenvalue weighted by atomic mass is 19.1. The molecule has 3 rings (SSSR count). The minimum atomic E-state index is -0.322. The number of fused-ring (bicyclic) bond motifs is 1. The number of benzene rings is 1. The Labute approximate surface area is 159 Å². The summed E-state index contributed by atoms with van der Waals surface area (Å²) in [4.78, 5) is 20.3. The third-order valence-corrected chi connectivity index (χ3v) is 4.77. The van der Waals surface area contributed by atoms with Gasteiger partial charge in [0.2, 0.25) is 5.91 Å². The highest BCUT2D eigenvalue weighted by Gasteiger charge is 2.15. The fraction of sp³-hybridized carbons (Fsp3) is 0.429. The molecule has 6 heteroatoms. The second kappa shape index (κ2) is 9.46. The van der Waals surface area contributed by atoms with Crippen molar-refractivity contribution >= 4 is 5.91 Å². The van der Waals surface area contributed by atoms with Gasteiger partial charge in [-0.05, 0) is 37.6 Å². The summed E-state index contributed by atoms with van der Waals surface area (Å²) in [7, 11) is 0. The number of carbonyl (C=O) groups is 1. The molecule has 0 bridgehead atoms. The molecule has 0 saturated heterocycles. The fourth-order valence-electron chi connectivity index (χ4n) is 3.25. The molecule has 27 heavy (non-hydrogen) atoms. The average Bonchev–Trinajstić information content (AvgIpc) is 2.65. The number of amides is 1. The lowest BCUT2D eigenvalue weighted by atomic mass is 10.1. The summed E-state index contributed by atoms with van der Waals surface area (Å²) >= 11 is 0. The van der Waals surface area contributed by atoms with Crippen LogP contribution in [0.2, 0.25) is 0 Å². The van der Waals surface area contributed by atoms with E-state index >= 15 is 0 Å². The Morgan fingerprint density at radius 3 is 2.74 bits per heavy atom. The lowest BCUT2D eigenvalue weighted by molar-refractivity contribution is -0.129. The zero-order valence-electron chi connectivity index (χ0n) is 15.7. The van der Waals surface area contributed by atoms with E-state index in [1.165, 1.54) is 12.3 Å². The topological polar surface area (TPSA) is 45.7 Å². The van der Waals surface area contributed by atoms with Crippen LogP contribution in [0.5, 0.6) is 5.75 Å². The Balaban J connectivity index is 1.71. The molecule has 0 fully saturated rings. The fourth-order valence-corrected chi connectivity index (χ4v) is 3.25. The minimum absolute atomic E-state index is 0.0780. The molecule has 2 heterocycles. The smallest absolute Gasteiger partial charge is 0.219 e. The zero-order valence-corrected chi connectivity index (χ0v) is 15.7. The maximum absolute atomic E-state index is 13.1. The number of rotatable bonds is 2. The number of hydrogen-bond acceptors (Lipinski definition) is 4. The Bertz CT molecular complexity index is 751. The van der Waals surface area contributed by atoms with Crippen LogP contribution in [0.3, 0.4) is 0 Å². The van der Waals surface area contributed by atoms with Gasteiger partial charge in [0.15, 0.2) is 0 Å². The Kier molecular flexibility index (Phi) is 6.76. The van der Waals surface area contributed by atoms with Crippen molar-refractivity contribution in [3.8, 4) is 5.75 Å². The number of aromatic nitrogens is 1. The van der Waals surface area contributed by atoms with Crippen LogP contribution in [0, 0.1) is 5.82 Å². The van der Waals surface area contributed by atoms with Gasteiger partial charge in [-0.25, -0.2) is 4.39 Å². The van der Waals surface area contributed by atoms with Crippen molar-refractivity contribution < 1.29 is 13.9 Å². The largest absolute Gasteiger partial charge is 0.492 e. The van der Waals surface area contributed by atoms with E-state index < -0.39 is 0 Å². The molecular formula is C21H26FN3O2. The van der Waals surface area contributed by atoms with E-state index in [9.17, 15) is 9.18 Å². The summed E-state index contributed by atoms with van der Waals surface area (Å²) < 4.78 is 19.1. The van der Waals surface area contributed by atoms with Crippen molar-refractivity contribution in [1.82, 2.24) is 14.8 Å². The summed E-state index contributed by atoms with van der Waals surface area (Å²) in [6.07, 6.45) is 3.17. The van der Waals surface area contributed by atoms with Gasteiger partial charge in [0.05, 0.1) is 11.9 Å². The number of carbonyl (C=O) groups excluding carboxylic acids is 1. The molecule has 1 aliphatic heterocycles. The lowest BCUT2D eigenvalue weighted by Gasteiger charge is -2.26. The molecule has 1 amide bonds. The number of ether oxygens (including phenoxy) is 1. The molecule has 1 aliphatic rings. The molecular weight excluding hydrogens is 345 g/mol. The molecule has 0 saturated carbocycles. The van der Waals surface area contributed by atoms with Crippen LogP contribution in [-0.4, -0.2) is 46.9 Å². The Morgan fingerprint density at radius 1 is 1.15 bits per heavy atom. The van der Waals surface area contributed by atoms with Gasteiger partial charge < -0.3 is 9.64 Å². The van der Waals surface area contributed by atoms with Gasteiger partial charge in [0, 0.05) is 38.7 Å². The third-order valence-electron chi connectivity index (χ3n) is 4.77. The van der Waals surface area contributed by atoms with E-state index in [0.717, 1.165) is 49.5 Å². The maximum atomic E-state index is 13.1. The molecule has 0 radical (unpaired) electrons. The standard InChI is InChI=1S/C21H26FN3O2/c1-17(26)25-11-5-4-10-24(16-20-9-8-19(22)14-23-20)12-13-27-21-7-3-2-6-18(21)15-25/h2-3,6-9,14H,4-5,10-13,15-16H2,1H3. The van der Waals surface area contributed by atoms with Crippen LogP contribution in [0.4, 0.5) is 4.39 Å². The first kappa shape index (κ1) is 19.3. The molecule has 144 valence electrons. The van der Waals surface area contributed by atoms with Crippen molar-refractivity contribution in [2.24, 2.45) is 0 Å². The molecule has 0 unspecified atom stereocenters. The molecule has 0 aliphatic carbocycles. The van der Waals surface area contributed by atoms with E-state index in [4.69, 9.17) is 4.74 Å². The van der Waals surface area contributed by atoms with E-state index in [0.29, 0.717) is 19.7 Å². The van der Waals surface area contributed by atoms with Gasteiger partial charge in [-0.15, -0.1) is 0 Å². The second-order valence-corrected chi connectivity index (χ2v) is 6.85. The van der Waals surface area contributed by atoms with Crippen LogP contribution < -0.4 is 4.74 Å². The van der Waals surface area contributed by atoms with Crippen LogP contribution in [0.15, 0.2) is 42.6 Å². The van der Waals surface area contributed by atoms with Crippen molar-refractivity contribution in [2.45, 2.75) is 32.9 Å². The number of nitrogens with zero attached hydrogens (tertiary/aromatic N) is 3. The van der Waals surface area contributed by atoms with Crippen LogP contribution in [0.1, 0.15) is 31.0 Å². The van der Waals surface area contributed by atoms with Gasteiger partial charge in [-0.1, -0.05) is 18.2 Å². The quantitative estimate of drug-likeness (QED) is 0.813. The highest BCUT2D eigenvalue weighted by Crippen LogP contribution is 2.21. The maximum Gasteiger partial charge on any atom is 0.219 e. The first-order valence-corrected chi connectivity index (χ1v) is 9.41. The summed E-state index contributed by atoms with van der Waals surface area (Å²) in [6.45, 7) is 5.78. The van der Waals surface area contributed by atoms with Crippen molar-refractivity contribution in [3.63, 3.8) is 0 Å². The van der Waals surface area contributed by atoms with Crippen LogP contribution in [0.25, 0.3) is 0 Å². The summed E-state index contributed by atoms with van der Waals surface area (Å²) in [6, 6.07) is 11.0. The number of pyridine rings is 1. The van der Waals surface area contributed by atoms with Crippen molar-refractivity contribution in [3.05, 3.63) is 59.7 Å². The highest BCUT2D eigenvalue weighted by molar-refractivity contribution is 5.73. The average molecular weight is 371 g/mol. The predicted octanol–water partition coefficient (Wildman–Crippen LogP) is 3.24. The molecule has 5 nitrogen and oxygen atoms in total. The van der Waals surface area contributed by atoms with Crippen molar-refractivity contribution in [1.29, 1.82) is 0 Å². The zero-order chi connectivity index (χ0) is 19.1. The van der Waals surface area contributed by atoms with Gasteiger partial charge in [0.1, 0.15) is 18.2 Å². The number of hydrogen-bond donors (Lipinski definition) is 0. The third kappa shape index (κ3) is 5.76. The predicted molar refractivity (Wildman–Crippen MR) is 102 cm³/mol. The van der Waals surface area contributed by atoms with Crippen LogP contribution >= 0.6 is 0 Å². The number of halogens is 1. The van der Waals surface area contributed by atoms with E-state index in [2.05, 4.69) is 9.88 Å². The SMILES string of the molecule is CC(=O)N1CCCCN(Cc2ccc(F)cn2)CCOc2ccccc2C1. The number of para-hydroxylation sites is 1. The monoisotopic (exact) mass is 371 g/mol. The first-order valence-electron chi connectivity index (χ1n) is 9.41. The van der Waals surface area contributed by atoms with Crippen molar-refractivity contribution in [2.75, 3.05) is 26.2 Å². The molecule has 2 aromatic rings. The second-order valence-electron chi connectivity index (χ2n) is 6.85. The lowest BCUT2D eigenvalue weighted by Crippen LogP contribution is -2.33. The molecule has 0 atom stereocenters. The van der Waals surface area contributed by atoms with E-state index in [1.807, 2.05) is 29.2 Å². The first-order chi connectivity index (χ1) is 13.1. The van der Waals surface area contributed by atoms with Crippen LogP contribution in [-0.2, 0) is 17.9 Å². The summed E-state index contributed by atoms with van der Waals surface area (Å²) in [5, 5.41) is 0. The summed E-state index contributed by atoms with van der Waals surface area (Å²) in [5.74, 6) is 0.579. The van der Waals surface area contributed by atoms with Gasteiger partial charge >= 0.3 is 0 Å². The Morgan fingerprint density at radius 2 is 1.96 bits per heavy atom. The van der Waals surface area contributed by atoms with Gasteiger partial charge in [-0.3, -0.25) is 14.7 Å². The Hall–Kier alpha value is -2.47. The molecule has 0 spiro atoms. The molecule has 1 aromatic carbocycles. The summed E-state index contributed by atoms with van der Waals surface area (Å²) in [5.41, 5.74) is 1.87. The van der Waals surface area contributed by atoms with Gasteiger partial charge in [-0.2, -0.15) is 0 Å². The minimum Gasteiger partial charge on any atom is -0.492 e. The van der Waals surface area contributed by atoms with E-state index in [1.54, 1.807) is 13.0 Å². The van der Waals surface area contributed by atoms with Gasteiger partial charge in [0.25, 0.3) is 0 Å². The van der Waals surface area contributed by atoms with E-state index in [-0.39, 0.29) is 11.7 Å².